The number of hydrogen-bond donors (Lipinski definition) is 1. The number of ether oxygens (including phenoxy) is 2. The molecule has 1 aliphatic heterocycles. The van der Waals surface area contributed by atoms with Gasteiger partial charge >= 0.3 is 0 Å². The second-order valence-corrected chi connectivity index (χ2v) is 4.81. The molecule has 2 fully saturated rings. The Hall–Kier alpha value is -0.610. The molecule has 1 N–H and O–H groups in total. The summed E-state index contributed by atoms with van der Waals surface area (Å²) >= 11 is 0. The maximum atomic E-state index is 11.9. The minimum Gasteiger partial charge on any atom is -0.376 e. The number of carbonyl (C=O) groups excluding carboxylic acids is 1. The normalized spacial score (nSPS) is 35.7. The van der Waals surface area contributed by atoms with Crippen LogP contribution < -0.4 is 5.32 Å². The summed E-state index contributed by atoms with van der Waals surface area (Å²) in [6.07, 6.45) is 4.42. The molecule has 1 amide bonds. The predicted octanol–water partition coefficient (Wildman–Crippen LogP) is 1.10. The smallest absolute Gasteiger partial charge is 0.251 e. The molecule has 3 unspecified atom stereocenters. The van der Waals surface area contributed by atoms with Crippen molar-refractivity contribution in [1.82, 2.24) is 5.32 Å². The Morgan fingerprint density at radius 3 is 2.75 bits per heavy atom. The first-order chi connectivity index (χ1) is 7.77. The SMILES string of the molecule is CC1CCCCC1NC(=O)C1COCCO1. The molecule has 3 atom stereocenters. The van der Waals surface area contributed by atoms with E-state index in [-0.39, 0.29) is 5.91 Å². The highest BCUT2D eigenvalue weighted by Crippen LogP contribution is 2.23. The van der Waals surface area contributed by atoms with Gasteiger partial charge in [-0.25, -0.2) is 0 Å². The van der Waals surface area contributed by atoms with Gasteiger partial charge in [0.2, 0.25) is 0 Å². The van der Waals surface area contributed by atoms with Crippen molar-refractivity contribution in [3.8, 4) is 0 Å². The van der Waals surface area contributed by atoms with Crippen molar-refractivity contribution in [1.29, 1.82) is 0 Å². The summed E-state index contributed by atoms with van der Waals surface area (Å²) in [6.45, 7) is 3.73. The highest BCUT2D eigenvalue weighted by Gasteiger charge is 2.28. The fourth-order valence-electron chi connectivity index (χ4n) is 2.45. The van der Waals surface area contributed by atoms with Crippen LogP contribution >= 0.6 is 0 Å². The van der Waals surface area contributed by atoms with Gasteiger partial charge in [-0.15, -0.1) is 0 Å². The summed E-state index contributed by atoms with van der Waals surface area (Å²) in [4.78, 5) is 11.9. The van der Waals surface area contributed by atoms with E-state index in [9.17, 15) is 4.79 Å². The van der Waals surface area contributed by atoms with E-state index >= 15 is 0 Å². The second kappa shape index (κ2) is 5.64. The average Bonchev–Trinajstić information content (AvgIpc) is 2.33. The van der Waals surface area contributed by atoms with Gasteiger partial charge in [0.15, 0.2) is 6.10 Å². The lowest BCUT2D eigenvalue weighted by Gasteiger charge is -2.31. The third kappa shape index (κ3) is 2.95. The quantitative estimate of drug-likeness (QED) is 0.768. The van der Waals surface area contributed by atoms with Gasteiger partial charge in [-0.3, -0.25) is 4.79 Å². The first-order valence-electron chi connectivity index (χ1n) is 6.27. The van der Waals surface area contributed by atoms with Crippen molar-refractivity contribution in [2.75, 3.05) is 19.8 Å². The van der Waals surface area contributed by atoms with Crippen molar-refractivity contribution >= 4 is 5.91 Å². The van der Waals surface area contributed by atoms with E-state index in [2.05, 4.69) is 12.2 Å². The fourth-order valence-corrected chi connectivity index (χ4v) is 2.45. The lowest BCUT2D eigenvalue weighted by molar-refractivity contribution is -0.148. The molecule has 2 aliphatic rings. The Morgan fingerprint density at radius 1 is 1.25 bits per heavy atom. The summed E-state index contributed by atoms with van der Waals surface area (Å²) in [6, 6.07) is 0.326. The monoisotopic (exact) mass is 227 g/mol. The molecule has 0 aromatic carbocycles. The molecule has 0 radical (unpaired) electrons. The molecule has 1 saturated heterocycles. The van der Waals surface area contributed by atoms with E-state index in [1.54, 1.807) is 0 Å². The Morgan fingerprint density at radius 2 is 2.06 bits per heavy atom. The summed E-state index contributed by atoms with van der Waals surface area (Å²) in [5, 5.41) is 3.09. The maximum Gasteiger partial charge on any atom is 0.251 e. The molecular formula is C12H21NO3. The molecule has 0 aromatic heterocycles. The first kappa shape index (κ1) is 11.9. The van der Waals surface area contributed by atoms with Crippen LogP contribution in [0, 0.1) is 5.92 Å². The first-order valence-corrected chi connectivity index (χ1v) is 6.27. The van der Waals surface area contributed by atoms with Crippen LogP contribution in [0.25, 0.3) is 0 Å². The molecular weight excluding hydrogens is 206 g/mol. The molecule has 1 heterocycles. The fraction of sp³-hybridized carbons (Fsp3) is 0.917. The number of carbonyl (C=O) groups is 1. The van der Waals surface area contributed by atoms with Crippen molar-refractivity contribution in [2.24, 2.45) is 5.92 Å². The van der Waals surface area contributed by atoms with E-state index < -0.39 is 6.10 Å². The summed E-state index contributed by atoms with van der Waals surface area (Å²) < 4.78 is 10.6. The second-order valence-electron chi connectivity index (χ2n) is 4.81. The minimum atomic E-state index is -0.400. The lowest BCUT2D eigenvalue weighted by atomic mass is 9.86. The summed E-state index contributed by atoms with van der Waals surface area (Å²) in [5.41, 5.74) is 0. The Labute approximate surface area is 96.7 Å². The van der Waals surface area contributed by atoms with Crippen molar-refractivity contribution in [3.63, 3.8) is 0 Å². The van der Waals surface area contributed by atoms with Crippen molar-refractivity contribution < 1.29 is 14.3 Å². The van der Waals surface area contributed by atoms with E-state index in [4.69, 9.17) is 9.47 Å². The van der Waals surface area contributed by atoms with E-state index in [1.165, 1.54) is 19.3 Å². The van der Waals surface area contributed by atoms with Gasteiger partial charge in [0.25, 0.3) is 5.91 Å². The van der Waals surface area contributed by atoms with Gasteiger partial charge in [-0.2, -0.15) is 0 Å². The molecule has 4 nitrogen and oxygen atoms in total. The van der Waals surface area contributed by atoms with E-state index in [0.29, 0.717) is 31.8 Å². The molecule has 0 aromatic rings. The van der Waals surface area contributed by atoms with Crippen LogP contribution in [-0.4, -0.2) is 37.9 Å². The van der Waals surface area contributed by atoms with Crippen LogP contribution in [0.15, 0.2) is 0 Å². The zero-order valence-corrected chi connectivity index (χ0v) is 9.91. The molecule has 0 bridgehead atoms. The molecule has 16 heavy (non-hydrogen) atoms. The Balaban J connectivity index is 1.80. The Bertz CT molecular complexity index is 238. The summed E-state index contributed by atoms with van der Waals surface area (Å²) in [5.74, 6) is 0.584. The third-order valence-corrected chi connectivity index (χ3v) is 3.55. The Kier molecular flexibility index (Phi) is 4.18. The van der Waals surface area contributed by atoms with Crippen LogP contribution in [0.2, 0.25) is 0 Å². The van der Waals surface area contributed by atoms with Crippen LogP contribution in [0.1, 0.15) is 32.6 Å². The number of rotatable bonds is 2. The van der Waals surface area contributed by atoms with Gasteiger partial charge in [0, 0.05) is 6.04 Å². The topological polar surface area (TPSA) is 47.6 Å². The molecule has 2 rings (SSSR count). The third-order valence-electron chi connectivity index (χ3n) is 3.55. The highest BCUT2D eigenvalue weighted by molar-refractivity contribution is 5.81. The zero-order valence-electron chi connectivity index (χ0n) is 9.91. The minimum absolute atomic E-state index is 0.00144. The van der Waals surface area contributed by atoms with Crippen molar-refractivity contribution in [2.45, 2.75) is 44.8 Å². The van der Waals surface area contributed by atoms with Gasteiger partial charge in [0.05, 0.1) is 19.8 Å². The van der Waals surface area contributed by atoms with E-state index in [1.807, 2.05) is 0 Å². The van der Waals surface area contributed by atoms with Crippen LogP contribution in [0.4, 0.5) is 0 Å². The number of hydrogen-bond acceptors (Lipinski definition) is 3. The summed E-state index contributed by atoms with van der Waals surface area (Å²) in [7, 11) is 0. The number of amides is 1. The maximum absolute atomic E-state index is 11.9. The van der Waals surface area contributed by atoms with Crippen LogP contribution in [-0.2, 0) is 14.3 Å². The lowest BCUT2D eigenvalue weighted by Crippen LogP contribution is -2.49. The molecule has 0 spiro atoms. The van der Waals surface area contributed by atoms with E-state index in [0.717, 1.165) is 6.42 Å². The molecule has 1 aliphatic carbocycles. The van der Waals surface area contributed by atoms with Gasteiger partial charge in [0.1, 0.15) is 0 Å². The van der Waals surface area contributed by atoms with Crippen LogP contribution in [0.5, 0.6) is 0 Å². The van der Waals surface area contributed by atoms with Crippen LogP contribution in [0.3, 0.4) is 0 Å². The van der Waals surface area contributed by atoms with Gasteiger partial charge in [-0.05, 0) is 18.8 Å². The predicted molar refractivity (Wildman–Crippen MR) is 60.1 cm³/mol. The van der Waals surface area contributed by atoms with Crippen molar-refractivity contribution in [3.05, 3.63) is 0 Å². The zero-order chi connectivity index (χ0) is 11.4. The molecule has 1 saturated carbocycles. The van der Waals surface area contributed by atoms with Gasteiger partial charge < -0.3 is 14.8 Å². The standard InChI is InChI=1S/C12H21NO3/c1-9-4-2-3-5-10(9)13-12(14)11-8-15-6-7-16-11/h9-11H,2-8H2,1H3,(H,13,14). The molecule has 4 heteroatoms. The molecule has 92 valence electrons. The van der Waals surface area contributed by atoms with Gasteiger partial charge in [-0.1, -0.05) is 19.8 Å². The average molecular weight is 227 g/mol. The highest BCUT2D eigenvalue weighted by atomic mass is 16.6. The number of nitrogens with one attached hydrogen (secondary N) is 1. The largest absolute Gasteiger partial charge is 0.376 e.